The Labute approximate surface area is 186 Å². The molecule has 6 nitrogen and oxygen atoms in total. The van der Waals surface area contributed by atoms with Crippen molar-refractivity contribution >= 4 is 11.6 Å². The van der Waals surface area contributed by atoms with Gasteiger partial charge in [0, 0.05) is 11.6 Å². The third-order valence-corrected chi connectivity index (χ3v) is 5.03. The molecule has 3 aromatic carbocycles. The molecule has 0 aliphatic carbocycles. The lowest BCUT2D eigenvalue weighted by molar-refractivity contribution is -0.119. The molecule has 1 heterocycles. The maximum Gasteiger partial charge on any atom is 0.267 e. The number of anilines is 1. The van der Waals surface area contributed by atoms with Crippen LogP contribution in [0.5, 0.6) is 11.5 Å². The summed E-state index contributed by atoms with van der Waals surface area (Å²) in [5, 5.41) is 7.30. The number of hydrogen-bond acceptors (Lipinski definition) is 4. The second kappa shape index (κ2) is 9.31. The van der Waals surface area contributed by atoms with E-state index < -0.39 is 6.04 Å². The minimum absolute atomic E-state index is 0.350. The summed E-state index contributed by atoms with van der Waals surface area (Å²) in [6.07, 6.45) is 0. The van der Waals surface area contributed by atoms with Gasteiger partial charge in [-0.25, -0.2) is 4.68 Å². The van der Waals surface area contributed by atoms with Gasteiger partial charge < -0.3 is 10.1 Å². The van der Waals surface area contributed by atoms with Crippen LogP contribution >= 0.6 is 0 Å². The number of aryl methyl sites for hydroxylation is 1. The number of nitrogens with one attached hydrogen (secondary N) is 1. The molecule has 1 aromatic heterocycles. The molecule has 4 aromatic rings. The third-order valence-electron chi connectivity index (χ3n) is 5.03. The standard InChI is InChI=1S/C26H23N3O3/c1-18-12-14-20(15-13-18)22-16-17-25(30)29(28-22)19(2)26(31)27-23-10-6-7-11-24(23)32-21-8-4-3-5-9-21/h3-17,19H,1-2H3,(H,27,31). The Kier molecular flexibility index (Phi) is 6.12. The van der Waals surface area contributed by atoms with E-state index in [0.717, 1.165) is 11.1 Å². The van der Waals surface area contributed by atoms with Crippen molar-refractivity contribution < 1.29 is 9.53 Å². The fourth-order valence-electron chi connectivity index (χ4n) is 3.20. The lowest BCUT2D eigenvalue weighted by Crippen LogP contribution is -2.33. The van der Waals surface area contributed by atoms with E-state index in [4.69, 9.17) is 4.74 Å². The maximum atomic E-state index is 13.0. The van der Waals surface area contributed by atoms with Gasteiger partial charge in [-0.15, -0.1) is 0 Å². The van der Waals surface area contributed by atoms with E-state index in [1.807, 2.05) is 67.6 Å². The highest BCUT2D eigenvalue weighted by Crippen LogP contribution is 2.29. The molecule has 1 atom stereocenters. The Morgan fingerprint density at radius 1 is 0.906 bits per heavy atom. The number of benzene rings is 3. The molecule has 32 heavy (non-hydrogen) atoms. The molecule has 0 aliphatic heterocycles. The second-order valence-corrected chi connectivity index (χ2v) is 7.44. The monoisotopic (exact) mass is 425 g/mol. The summed E-state index contributed by atoms with van der Waals surface area (Å²) in [5.74, 6) is 0.795. The maximum absolute atomic E-state index is 13.0. The predicted octanol–water partition coefficient (Wildman–Crippen LogP) is 5.21. The van der Waals surface area contributed by atoms with E-state index in [9.17, 15) is 9.59 Å². The molecule has 4 rings (SSSR count). The summed E-state index contributed by atoms with van der Waals surface area (Å²) in [4.78, 5) is 25.5. The summed E-state index contributed by atoms with van der Waals surface area (Å²) in [6.45, 7) is 3.65. The van der Waals surface area contributed by atoms with E-state index in [1.165, 1.54) is 10.7 Å². The van der Waals surface area contributed by atoms with E-state index in [-0.39, 0.29) is 11.5 Å². The lowest BCUT2D eigenvalue weighted by atomic mass is 10.1. The molecule has 0 saturated heterocycles. The van der Waals surface area contributed by atoms with Crippen LogP contribution in [0.15, 0.2) is 95.8 Å². The summed E-state index contributed by atoms with van der Waals surface area (Å²) in [7, 11) is 0. The smallest absolute Gasteiger partial charge is 0.267 e. The molecule has 0 saturated carbocycles. The van der Waals surface area contributed by atoms with Crippen LogP contribution in [-0.2, 0) is 4.79 Å². The van der Waals surface area contributed by atoms with Crippen molar-refractivity contribution in [3.63, 3.8) is 0 Å². The number of carbonyl (C=O) groups is 1. The number of rotatable bonds is 6. The van der Waals surface area contributed by atoms with Gasteiger partial charge in [0.1, 0.15) is 11.8 Å². The first kappa shape index (κ1) is 21.1. The van der Waals surface area contributed by atoms with Gasteiger partial charge in [-0.05, 0) is 44.2 Å². The van der Waals surface area contributed by atoms with Gasteiger partial charge in [0.2, 0.25) is 5.91 Å². The Bertz CT molecular complexity index is 1280. The molecule has 0 radical (unpaired) electrons. The van der Waals surface area contributed by atoms with Gasteiger partial charge in [-0.3, -0.25) is 9.59 Å². The van der Waals surface area contributed by atoms with Gasteiger partial charge >= 0.3 is 0 Å². The topological polar surface area (TPSA) is 73.2 Å². The zero-order valence-corrected chi connectivity index (χ0v) is 17.9. The van der Waals surface area contributed by atoms with Gasteiger partial charge in [0.25, 0.3) is 5.56 Å². The molecule has 6 heteroatoms. The van der Waals surface area contributed by atoms with Crippen LogP contribution in [-0.4, -0.2) is 15.7 Å². The minimum atomic E-state index is -0.822. The van der Waals surface area contributed by atoms with Crippen molar-refractivity contribution in [2.45, 2.75) is 19.9 Å². The average molecular weight is 425 g/mol. The fourth-order valence-corrected chi connectivity index (χ4v) is 3.20. The zero-order chi connectivity index (χ0) is 22.5. The first-order valence-electron chi connectivity index (χ1n) is 10.3. The first-order chi connectivity index (χ1) is 15.5. The van der Waals surface area contributed by atoms with Crippen LogP contribution in [0.2, 0.25) is 0 Å². The number of carbonyl (C=O) groups excluding carboxylic acids is 1. The van der Waals surface area contributed by atoms with Crippen LogP contribution in [0.1, 0.15) is 18.5 Å². The number of nitrogens with zero attached hydrogens (tertiary/aromatic N) is 2. The molecule has 0 aliphatic rings. The average Bonchev–Trinajstić information content (AvgIpc) is 2.81. The number of hydrogen-bond donors (Lipinski definition) is 1. The predicted molar refractivity (Wildman–Crippen MR) is 125 cm³/mol. The number of amides is 1. The molecule has 1 N–H and O–H groups in total. The van der Waals surface area contributed by atoms with Crippen LogP contribution in [0.4, 0.5) is 5.69 Å². The van der Waals surface area contributed by atoms with Crippen molar-refractivity contribution in [2.75, 3.05) is 5.32 Å². The van der Waals surface area contributed by atoms with Gasteiger partial charge in [0.15, 0.2) is 5.75 Å². The van der Waals surface area contributed by atoms with Crippen molar-refractivity contribution in [1.82, 2.24) is 9.78 Å². The lowest BCUT2D eigenvalue weighted by Gasteiger charge is -2.17. The van der Waals surface area contributed by atoms with Crippen LogP contribution in [0.25, 0.3) is 11.3 Å². The SMILES string of the molecule is Cc1ccc(-c2ccc(=O)n(C(C)C(=O)Nc3ccccc3Oc3ccccc3)n2)cc1. The molecule has 1 unspecified atom stereocenters. The highest BCUT2D eigenvalue weighted by Gasteiger charge is 2.19. The number of ether oxygens (including phenoxy) is 1. The largest absolute Gasteiger partial charge is 0.455 e. The zero-order valence-electron chi connectivity index (χ0n) is 17.9. The highest BCUT2D eigenvalue weighted by atomic mass is 16.5. The first-order valence-corrected chi connectivity index (χ1v) is 10.3. The van der Waals surface area contributed by atoms with E-state index >= 15 is 0 Å². The van der Waals surface area contributed by atoms with Crippen molar-refractivity contribution in [2.24, 2.45) is 0 Å². The van der Waals surface area contributed by atoms with Crippen LogP contribution in [0.3, 0.4) is 0 Å². The quantitative estimate of drug-likeness (QED) is 0.460. The molecular formula is C26H23N3O3. The third kappa shape index (κ3) is 4.75. The summed E-state index contributed by atoms with van der Waals surface area (Å²) >= 11 is 0. The molecule has 0 spiro atoms. The van der Waals surface area contributed by atoms with E-state index in [1.54, 1.807) is 31.2 Å². The minimum Gasteiger partial charge on any atom is -0.455 e. The Hall–Kier alpha value is -4.19. The van der Waals surface area contributed by atoms with Gasteiger partial charge in [-0.1, -0.05) is 60.2 Å². The van der Waals surface area contributed by atoms with Gasteiger partial charge in [-0.2, -0.15) is 5.10 Å². The van der Waals surface area contributed by atoms with Crippen molar-refractivity contribution in [1.29, 1.82) is 0 Å². The summed E-state index contributed by atoms with van der Waals surface area (Å²) < 4.78 is 7.11. The molecular weight excluding hydrogens is 402 g/mol. The normalized spacial score (nSPS) is 11.6. The van der Waals surface area contributed by atoms with Crippen LogP contribution in [0, 0.1) is 6.92 Å². The van der Waals surface area contributed by atoms with E-state index in [2.05, 4.69) is 10.4 Å². The van der Waals surface area contributed by atoms with Crippen molar-refractivity contribution in [3.05, 3.63) is 107 Å². The fraction of sp³-hybridized carbons (Fsp3) is 0.115. The highest BCUT2D eigenvalue weighted by molar-refractivity contribution is 5.94. The van der Waals surface area contributed by atoms with E-state index in [0.29, 0.717) is 22.9 Å². The van der Waals surface area contributed by atoms with Gasteiger partial charge in [0.05, 0.1) is 11.4 Å². The Morgan fingerprint density at radius 3 is 2.34 bits per heavy atom. The molecule has 160 valence electrons. The Morgan fingerprint density at radius 2 is 1.59 bits per heavy atom. The molecule has 0 bridgehead atoms. The summed E-state index contributed by atoms with van der Waals surface area (Å²) in [6, 6.07) is 26.6. The number of para-hydroxylation sites is 3. The molecule has 0 fully saturated rings. The Balaban J connectivity index is 1.57. The second-order valence-electron chi connectivity index (χ2n) is 7.44. The summed E-state index contributed by atoms with van der Waals surface area (Å²) in [5.41, 5.74) is 2.79. The number of aromatic nitrogens is 2. The van der Waals surface area contributed by atoms with Crippen molar-refractivity contribution in [3.8, 4) is 22.8 Å². The van der Waals surface area contributed by atoms with Crippen LogP contribution < -0.4 is 15.6 Å². The molecule has 1 amide bonds.